The quantitative estimate of drug-likeness (QED) is 0.169. The van der Waals surface area contributed by atoms with Crippen molar-refractivity contribution in [3.05, 3.63) is 174 Å². The number of hydrazone groups is 1. The van der Waals surface area contributed by atoms with Gasteiger partial charge in [-0.2, -0.15) is 15.2 Å². The molecule has 0 radical (unpaired) electrons. The molecule has 6 heteroatoms. The summed E-state index contributed by atoms with van der Waals surface area (Å²) in [6.07, 6.45) is 3.86. The molecule has 218 valence electrons. The van der Waals surface area contributed by atoms with Gasteiger partial charge < -0.3 is 4.74 Å². The monoisotopic (exact) mass is 586 g/mol. The minimum absolute atomic E-state index is 0.200. The summed E-state index contributed by atoms with van der Waals surface area (Å²) >= 11 is 0. The molecule has 0 saturated heterocycles. The number of benzene rings is 5. The molecule has 0 unspecified atom stereocenters. The fraction of sp³-hybridized carbons (Fsp3) is 0.0513. The van der Waals surface area contributed by atoms with Gasteiger partial charge in [0.05, 0.1) is 16.9 Å². The number of carbonyl (C=O) groups is 1. The van der Waals surface area contributed by atoms with Crippen molar-refractivity contribution in [3.8, 4) is 22.7 Å². The number of aryl methyl sites for hydroxylation is 1. The number of para-hydroxylation sites is 2. The van der Waals surface area contributed by atoms with E-state index in [2.05, 4.69) is 31.2 Å². The summed E-state index contributed by atoms with van der Waals surface area (Å²) in [5.74, 6) is 0.535. The van der Waals surface area contributed by atoms with Gasteiger partial charge in [0.15, 0.2) is 0 Å². The number of hydrogen-bond acceptors (Lipinski definition) is 4. The topological polar surface area (TPSA) is 59.7 Å². The summed E-state index contributed by atoms with van der Waals surface area (Å²) in [7, 11) is 0. The van der Waals surface area contributed by atoms with Crippen molar-refractivity contribution in [2.24, 2.45) is 5.10 Å². The van der Waals surface area contributed by atoms with Crippen LogP contribution in [0.2, 0.25) is 0 Å². The van der Waals surface area contributed by atoms with Crippen LogP contribution in [0.25, 0.3) is 23.0 Å². The smallest absolute Gasteiger partial charge is 0.281 e. The van der Waals surface area contributed by atoms with Crippen LogP contribution in [0.4, 0.5) is 5.69 Å². The van der Waals surface area contributed by atoms with Crippen LogP contribution < -0.4 is 9.75 Å². The Morgan fingerprint density at radius 1 is 0.711 bits per heavy atom. The third-order valence-corrected chi connectivity index (χ3v) is 7.62. The first kappa shape index (κ1) is 27.8. The normalized spacial score (nSPS) is 13.7. The Kier molecular flexibility index (Phi) is 7.60. The standard InChI is InChI=1S/C39H30N4O2/c1-28-20-22-29(23-21-28)27-45-35-19-11-14-31(24-35)37-32(26-42(40-37)33-15-7-3-8-16-33)25-36-38(30-12-5-2-6-13-30)41-43(39(36)44)34-17-9-4-10-18-34/h2-26H,27H2,1H3/b36-25-. The highest BCUT2D eigenvalue weighted by molar-refractivity contribution is 6.37. The Bertz CT molecular complexity index is 2010. The van der Waals surface area contributed by atoms with Gasteiger partial charge in [0.25, 0.3) is 5.91 Å². The molecular formula is C39H30N4O2. The van der Waals surface area contributed by atoms with Gasteiger partial charge >= 0.3 is 0 Å². The van der Waals surface area contributed by atoms with Gasteiger partial charge in [-0.3, -0.25) is 4.79 Å². The number of amides is 1. The minimum Gasteiger partial charge on any atom is -0.489 e. The Balaban J connectivity index is 1.31. The minimum atomic E-state index is -0.200. The van der Waals surface area contributed by atoms with Crippen LogP contribution in [0.15, 0.2) is 156 Å². The summed E-state index contributed by atoms with van der Waals surface area (Å²) < 4.78 is 8.03. The Morgan fingerprint density at radius 2 is 1.36 bits per heavy atom. The molecule has 7 rings (SSSR count). The number of rotatable bonds is 8. The van der Waals surface area contributed by atoms with Gasteiger partial charge in [-0.25, -0.2) is 4.68 Å². The van der Waals surface area contributed by atoms with Gasteiger partial charge in [0.1, 0.15) is 23.8 Å². The van der Waals surface area contributed by atoms with E-state index in [1.807, 2.05) is 132 Å². The molecule has 0 N–H and O–H groups in total. The molecule has 0 fully saturated rings. The maximum Gasteiger partial charge on any atom is 0.281 e. The third-order valence-electron chi connectivity index (χ3n) is 7.62. The van der Waals surface area contributed by atoms with E-state index >= 15 is 0 Å². The maximum atomic E-state index is 14.0. The van der Waals surface area contributed by atoms with Crippen molar-refractivity contribution in [1.82, 2.24) is 9.78 Å². The van der Waals surface area contributed by atoms with Crippen LogP contribution in [0.5, 0.6) is 5.75 Å². The Hall–Kier alpha value is -6.01. The lowest BCUT2D eigenvalue weighted by Gasteiger charge is -2.11. The fourth-order valence-corrected chi connectivity index (χ4v) is 5.27. The lowest BCUT2D eigenvalue weighted by Crippen LogP contribution is -2.21. The Labute approximate surface area is 262 Å². The summed E-state index contributed by atoms with van der Waals surface area (Å²) in [4.78, 5) is 14.0. The molecule has 0 atom stereocenters. The van der Waals surface area contributed by atoms with Crippen LogP contribution in [0, 0.1) is 6.92 Å². The summed E-state index contributed by atoms with van der Waals surface area (Å²) in [5.41, 5.74) is 8.28. The summed E-state index contributed by atoms with van der Waals surface area (Å²) in [6, 6.07) is 45.5. The highest BCUT2D eigenvalue weighted by atomic mass is 16.5. The first-order valence-corrected chi connectivity index (χ1v) is 14.8. The molecule has 0 aliphatic carbocycles. The molecule has 45 heavy (non-hydrogen) atoms. The molecule has 1 aliphatic heterocycles. The van der Waals surface area contributed by atoms with Crippen molar-refractivity contribution in [1.29, 1.82) is 0 Å². The molecule has 0 saturated carbocycles. The predicted octanol–water partition coefficient (Wildman–Crippen LogP) is 8.26. The third kappa shape index (κ3) is 5.94. The second-order valence-electron chi connectivity index (χ2n) is 10.8. The average Bonchev–Trinajstić information content (AvgIpc) is 3.67. The maximum absolute atomic E-state index is 14.0. The number of aromatic nitrogens is 2. The first-order valence-electron chi connectivity index (χ1n) is 14.8. The Morgan fingerprint density at radius 3 is 2.07 bits per heavy atom. The van der Waals surface area contributed by atoms with E-state index in [9.17, 15) is 4.79 Å². The van der Waals surface area contributed by atoms with E-state index in [0.717, 1.165) is 39.4 Å². The zero-order valence-corrected chi connectivity index (χ0v) is 24.7. The van der Waals surface area contributed by atoms with E-state index in [1.54, 1.807) is 0 Å². The molecule has 1 amide bonds. The van der Waals surface area contributed by atoms with Crippen molar-refractivity contribution < 1.29 is 9.53 Å². The van der Waals surface area contributed by atoms with Crippen molar-refractivity contribution in [2.45, 2.75) is 13.5 Å². The van der Waals surface area contributed by atoms with E-state index in [1.165, 1.54) is 10.6 Å². The van der Waals surface area contributed by atoms with E-state index < -0.39 is 0 Å². The zero-order chi connectivity index (χ0) is 30.6. The summed E-state index contributed by atoms with van der Waals surface area (Å²) in [5, 5.41) is 11.3. The van der Waals surface area contributed by atoms with Crippen molar-refractivity contribution in [3.63, 3.8) is 0 Å². The molecule has 1 aromatic heterocycles. The first-order chi connectivity index (χ1) is 22.1. The average molecular weight is 587 g/mol. The van der Waals surface area contributed by atoms with Gasteiger partial charge in [-0.1, -0.05) is 109 Å². The number of anilines is 1. The zero-order valence-electron chi connectivity index (χ0n) is 24.7. The number of ether oxygens (including phenoxy) is 1. The van der Waals surface area contributed by atoms with Gasteiger partial charge in [-0.05, 0) is 55.0 Å². The van der Waals surface area contributed by atoms with E-state index in [-0.39, 0.29) is 5.91 Å². The van der Waals surface area contributed by atoms with E-state index in [0.29, 0.717) is 23.6 Å². The van der Waals surface area contributed by atoms with Crippen LogP contribution >= 0.6 is 0 Å². The molecule has 5 aromatic carbocycles. The van der Waals surface area contributed by atoms with Crippen LogP contribution in [0.3, 0.4) is 0 Å². The molecular weight excluding hydrogens is 556 g/mol. The van der Waals surface area contributed by atoms with Crippen LogP contribution in [0.1, 0.15) is 22.3 Å². The SMILES string of the molecule is Cc1ccc(COc2cccc(-c3nn(-c4ccccc4)cc3/C=C3\C(=O)N(c4ccccc4)N=C3c3ccccc3)c2)cc1. The largest absolute Gasteiger partial charge is 0.489 e. The predicted molar refractivity (Wildman–Crippen MR) is 179 cm³/mol. The van der Waals surface area contributed by atoms with Crippen molar-refractivity contribution in [2.75, 3.05) is 5.01 Å². The molecule has 0 bridgehead atoms. The molecule has 0 spiro atoms. The highest BCUT2D eigenvalue weighted by Crippen LogP contribution is 2.32. The fourth-order valence-electron chi connectivity index (χ4n) is 5.27. The lowest BCUT2D eigenvalue weighted by molar-refractivity contribution is -0.114. The van der Waals surface area contributed by atoms with Gasteiger partial charge in [-0.15, -0.1) is 0 Å². The highest BCUT2D eigenvalue weighted by Gasteiger charge is 2.32. The van der Waals surface area contributed by atoms with Gasteiger partial charge in [0.2, 0.25) is 0 Å². The molecule has 2 heterocycles. The number of hydrogen-bond donors (Lipinski definition) is 0. The number of nitrogens with zero attached hydrogens (tertiary/aromatic N) is 4. The molecule has 6 nitrogen and oxygen atoms in total. The second kappa shape index (κ2) is 12.3. The summed E-state index contributed by atoms with van der Waals surface area (Å²) in [6.45, 7) is 2.53. The van der Waals surface area contributed by atoms with Gasteiger partial charge in [0, 0.05) is 22.9 Å². The van der Waals surface area contributed by atoms with E-state index in [4.69, 9.17) is 14.9 Å². The molecule has 6 aromatic rings. The number of carbonyl (C=O) groups excluding carboxylic acids is 1. The lowest BCUT2D eigenvalue weighted by atomic mass is 9.99. The van der Waals surface area contributed by atoms with Crippen molar-refractivity contribution >= 4 is 23.4 Å². The van der Waals surface area contributed by atoms with Crippen LogP contribution in [-0.2, 0) is 11.4 Å². The van der Waals surface area contributed by atoms with Crippen LogP contribution in [-0.4, -0.2) is 21.4 Å². The molecule has 1 aliphatic rings. The second-order valence-corrected chi connectivity index (χ2v) is 10.8.